The van der Waals surface area contributed by atoms with Gasteiger partial charge in [-0.1, -0.05) is 38.1 Å². The van der Waals surface area contributed by atoms with E-state index in [0.717, 1.165) is 22.6 Å². The molecule has 2 aliphatic rings. The summed E-state index contributed by atoms with van der Waals surface area (Å²) in [4.78, 5) is 29.7. The van der Waals surface area contributed by atoms with Gasteiger partial charge in [0.1, 0.15) is 0 Å². The molecule has 1 unspecified atom stereocenters. The molecule has 0 saturated carbocycles. The number of sulfonamides is 1. The first-order valence-corrected chi connectivity index (χ1v) is 16.5. The summed E-state index contributed by atoms with van der Waals surface area (Å²) in [6.45, 7) is 4.42. The highest BCUT2D eigenvalue weighted by Crippen LogP contribution is 2.50. The van der Waals surface area contributed by atoms with Crippen molar-refractivity contribution in [2.75, 3.05) is 44.6 Å². The predicted molar refractivity (Wildman–Crippen MR) is 176 cm³/mol. The van der Waals surface area contributed by atoms with Gasteiger partial charge in [0.15, 0.2) is 17.3 Å². The maximum Gasteiger partial charge on any atom is 0.239 e. The second kappa shape index (κ2) is 13.1. The Morgan fingerprint density at radius 1 is 1.00 bits per heavy atom. The third-order valence-corrected chi connectivity index (χ3v) is 9.24. The second-order valence-corrected chi connectivity index (χ2v) is 13.8. The van der Waals surface area contributed by atoms with Crippen molar-refractivity contribution in [2.45, 2.75) is 44.0 Å². The Hall–Kier alpha value is -4.55. The number of primary sulfonamides is 1. The van der Waals surface area contributed by atoms with Crippen molar-refractivity contribution < 1.29 is 32.2 Å². The Morgan fingerprint density at radius 3 is 2.26 bits per heavy atom. The molecule has 3 aromatic carbocycles. The fourth-order valence-corrected chi connectivity index (χ4v) is 6.75. The minimum absolute atomic E-state index is 0.00124. The number of nitrogens with one attached hydrogen (secondary N) is 2. The number of fused-ring (bicyclic) bond motifs is 1. The van der Waals surface area contributed by atoms with Crippen molar-refractivity contribution in [3.05, 3.63) is 83.1 Å². The van der Waals surface area contributed by atoms with Crippen molar-refractivity contribution in [1.29, 1.82) is 0 Å². The number of anilines is 2. The van der Waals surface area contributed by atoms with Crippen LogP contribution in [0.4, 0.5) is 11.4 Å². The third-order valence-electron chi connectivity index (χ3n) is 8.31. The highest BCUT2D eigenvalue weighted by molar-refractivity contribution is 7.89. The van der Waals surface area contributed by atoms with E-state index in [9.17, 15) is 18.0 Å². The summed E-state index contributed by atoms with van der Waals surface area (Å²) in [7, 11) is 0.823. The van der Waals surface area contributed by atoms with E-state index in [4.69, 9.17) is 19.3 Å². The molecule has 3 aromatic rings. The second-order valence-electron chi connectivity index (χ2n) is 12.3. The number of para-hydroxylation sites is 2. The van der Waals surface area contributed by atoms with Crippen molar-refractivity contribution in [3.8, 4) is 17.2 Å². The molecule has 5 rings (SSSR count). The molecule has 1 heterocycles. The number of carbonyl (C=O) groups excluding carboxylic acids is 2. The number of hydrogen-bond acceptors (Lipinski definition) is 9. The molecule has 0 aromatic heterocycles. The van der Waals surface area contributed by atoms with Crippen LogP contribution < -0.4 is 34.9 Å². The molecule has 0 spiro atoms. The Bertz CT molecular complexity index is 1760. The molecule has 46 heavy (non-hydrogen) atoms. The summed E-state index contributed by atoms with van der Waals surface area (Å²) in [6, 6.07) is 16.9. The Labute approximate surface area is 269 Å². The zero-order valence-electron chi connectivity index (χ0n) is 26.7. The van der Waals surface area contributed by atoms with Crippen LogP contribution >= 0.6 is 0 Å². The molecular formula is C34H40N4O7S. The molecule has 244 valence electrons. The van der Waals surface area contributed by atoms with E-state index < -0.39 is 16.1 Å². The van der Waals surface area contributed by atoms with Crippen LogP contribution in [-0.4, -0.2) is 54.5 Å². The maximum atomic E-state index is 14.1. The lowest BCUT2D eigenvalue weighted by Gasteiger charge is -2.38. The molecule has 0 saturated heterocycles. The van der Waals surface area contributed by atoms with Crippen LogP contribution in [-0.2, 0) is 26.0 Å². The summed E-state index contributed by atoms with van der Waals surface area (Å²) in [6.07, 6.45) is 1.48. The molecule has 12 heteroatoms. The van der Waals surface area contributed by atoms with Crippen LogP contribution in [0.2, 0.25) is 0 Å². The minimum atomic E-state index is -3.79. The van der Waals surface area contributed by atoms with E-state index in [1.54, 1.807) is 12.1 Å². The van der Waals surface area contributed by atoms with Crippen LogP contribution in [0.25, 0.3) is 0 Å². The number of rotatable bonds is 10. The van der Waals surface area contributed by atoms with Crippen molar-refractivity contribution in [1.82, 2.24) is 5.32 Å². The average Bonchev–Trinajstić information content (AvgIpc) is 3.13. The van der Waals surface area contributed by atoms with Gasteiger partial charge in [-0.05, 0) is 65.8 Å². The normalized spacial score (nSPS) is 17.3. The summed E-state index contributed by atoms with van der Waals surface area (Å²) in [5.74, 6) is 1.05. The van der Waals surface area contributed by atoms with Crippen molar-refractivity contribution in [2.24, 2.45) is 10.6 Å². The number of ether oxygens (including phenoxy) is 3. The molecule has 0 bridgehead atoms. The zero-order chi connectivity index (χ0) is 33.2. The zero-order valence-corrected chi connectivity index (χ0v) is 27.5. The standard InChI is InChI=1S/C34H40N4O7S/c1-34(2)18-25-31(27(39)19-34)32(22-16-28(43-3)33(45-5)29(17-22)44-4)38(26-9-7-6-8-24(26)37-25)20-30(40)36-15-14-21-10-12-23(13-11-21)46(35,41)42/h6-13,16-17,32,37H,14-15,18-20H2,1-5H3,(H,36,40)(H2,35,41,42). The summed E-state index contributed by atoms with van der Waals surface area (Å²) in [5.41, 5.74) is 4.25. The van der Waals surface area contributed by atoms with Crippen LogP contribution in [0.15, 0.2) is 76.8 Å². The molecule has 1 amide bonds. The molecule has 0 fully saturated rings. The van der Waals surface area contributed by atoms with Crippen LogP contribution in [0.5, 0.6) is 17.2 Å². The van der Waals surface area contributed by atoms with E-state index in [2.05, 4.69) is 24.5 Å². The van der Waals surface area contributed by atoms with Gasteiger partial charge >= 0.3 is 0 Å². The van der Waals surface area contributed by atoms with Gasteiger partial charge < -0.3 is 29.7 Å². The lowest BCUT2D eigenvalue weighted by atomic mass is 9.73. The van der Waals surface area contributed by atoms with Gasteiger partial charge in [0.25, 0.3) is 0 Å². The van der Waals surface area contributed by atoms with E-state index >= 15 is 0 Å². The number of amides is 1. The number of nitrogens with two attached hydrogens (primary N) is 1. The first kappa shape index (κ1) is 32.8. The van der Waals surface area contributed by atoms with Crippen LogP contribution in [0.1, 0.15) is 43.9 Å². The molecule has 1 aliphatic carbocycles. The van der Waals surface area contributed by atoms with Gasteiger partial charge in [0.2, 0.25) is 21.7 Å². The highest BCUT2D eigenvalue weighted by atomic mass is 32.2. The van der Waals surface area contributed by atoms with Gasteiger partial charge in [-0.25, -0.2) is 13.6 Å². The topological polar surface area (TPSA) is 149 Å². The van der Waals surface area contributed by atoms with E-state index in [1.165, 1.54) is 33.5 Å². The number of Topliss-reactive ketones (excluding diaryl/α,β-unsaturated/α-hetero) is 1. The molecule has 1 atom stereocenters. The van der Waals surface area contributed by atoms with E-state index in [0.29, 0.717) is 54.2 Å². The summed E-state index contributed by atoms with van der Waals surface area (Å²) < 4.78 is 40.1. The predicted octanol–water partition coefficient (Wildman–Crippen LogP) is 4.34. The lowest BCUT2D eigenvalue weighted by molar-refractivity contribution is -0.120. The summed E-state index contributed by atoms with van der Waals surface area (Å²) in [5, 5.41) is 11.8. The van der Waals surface area contributed by atoms with Gasteiger partial charge in [-0.2, -0.15) is 0 Å². The van der Waals surface area contributed by atoms with Crippen molar-refractivity contribution >= 4 is 33.1 Å². The van der Waals surface area contributed by atoms with Gasteiger partial charge in [-0.15, -0.1) is 0 Å². The third kappa shape index (κ3) is 6.82. The quantitative estimate of drug-likeness (QED) is 0.292. The first-order valence-electron chi connectivity index (χ1n) is 14.9. The smallest absolute Gasteiger partial charge is 0.239 e. The number of carbonyl (C=O) groups is 2. The fourth-order valence-electron chi connectivity index (χ4n) is 6.24. The Balaban J connectivity index is 1.53. The SMILES string of the molecule is COc1cc(C2C3=C(CC(C)(C)CC3=O)Nc3ccccc3N2CC(=O)NCCc2ccc(S(N)(=O)=O)cc2)cc(OC)c1OC. The number of hydrogen-bond donors (Lipinski definition) is 3. The molecule has 0 radical (unpaired) electrons. The Kier molecular flexibility index (Phi) is 9.32. The largest absolute Gasteiger partial charge is 0.493 e. The fraction of sp³-hybridized carbons (Fsp3) is 0.353. The molecule has 11 nitrogen and oxygen atoms in total. The molecule has 1 aliphatic heterocycles. The minimum Gasteiger partial charge on any atom is -0.493 e. The Morgan fingerprint density at radius 2 is 1.65 bits per heavy atom. The lowest BCUT2D eigenvalue weighted by Crippen LogP contribution is -2.42. The van der Waals surface area contributed by atoms with Gasteiger partial charge in [-0.3, -0.25) is 9.59 Å². The van der Waals surface area contributed by atoms with Gasteiger partial charge in [0, 0.05) is 24.2 Å². The van der Waals surface area contributed by atoms with Crippen LogP contribution in [0, 0.1) is 5.41 Å². The molecular weight excluding hydrogens is 608 g/mol. The summed E-state index contributed by atoms with van der Waals surface area (Å²) >= 11 is 0. The number of ketones is 1. The van der Waals surface area contributed by atoms with E-state index in [1.807, 2.05) is 41.3 Å². The monoisotopic (exact) mass is 648 g/mol. The maximum absolute atomic E-state index is 14.1. The number of benzene rings is 3. The van der Waals surface area contributed by atoms with E-state index in [-0.39, 0.29) is 28.5 Å². The number of allylic oxidation sites excluding steroid dienone is 1. The highest BCUT2D eigenvalue weighted by Gasteiger charge is 2.42. The van der Waals surface area contributed by atoms with Gasteiger partial charge in [0.05, 0.1) is 50.2 Å². The molecule has 4 N–H and O–H groups in total. The van der Waals surface area contributed by atoms with Crippen molar-refractivity contribution in [3.63, 3.8) is 0 Å². The number of nitrogens with zero attached hydrogens (tertiary/aromatic N) is 1. The number of methoxy groups -OCH3 is 3. The average molecular weight is 649 g/mol. The van der Waals surface area contributed by atoms with Crippen LogP contribution in [0.3, 0.4) is 0 Å². The first-order chi connectivity index (χ1) is 21.8.